The van der Waals surface area contributed by atoms with Gasteiger partial charge in [0, 0.05) is 38.2 Å². The van der Waals surface area contributed by atoms with E-state index in [-0.39, 0.29) is 0 Å². The largest absolute Gasteiger partial charge is 0.423 e. The lowest BCUT2D eigenvalue weighted by atomic mass is 10.1. The Balaban J connectivity index is 2.44. The van der Waals surface area contributed by atoms with E-state index in [0.717, 1.165) is 10.9 Å². The number of nitrogens with zero attached hydrogens (tertiary/aromatic N) is 2. The normalized spacial score (nSPS) is 10.9. The highest BCUT2D eigenvalue weighted by atomic mass is 16.6. The maximum absolute atomic E-state index is 11.6. The number of hydrogen-bond donors (Lipinski definition) is 0. The standard InChI is InChI=1S/C15H18N2O4/c1-16(2)9-10-7-14(18)21-13-8-11(5-6-12(10)13)20-15(19)17(3)4/h5-8H,9H2,1-4H3. The molecule has 1 heterocycles. The van der Waals surface area contributed by atoms with Crippen LogP contribution in [0.1, 0.15) is 5.56 Å². The Labute approximate surface area is 122 Å². The van der Waals surface area contributed by atoms with Gasteiger partial charge >= 0.3 is 11.7 Å². The summed E-state index contributed by atoms with van der Waals surface area (Å²) in [6, 6.07) is 6.50. The fourth-order valence-electron chi connectivity index (χ4n) is 1.94. The van der Waals surface area contributed by atoms with Crippen molar-refractivity contribution in [1.29, 1.82) is 0 Å². The summed E-state index contributed by atoms with van der Waals surface area (Å²) in [6.45, 7) is 0.624. The van der Waals surface area contributed by atoms with E-state index in [2.05, 4.69) is 0 Å². The number of benzene rings is 1. The van der Waals surface area contributed by atoms with E-state index < -0.39 is 11.7 Å². The zero-order valence-corrected chi connectivity index (χ0v) is 12.5. The molecule has 0 radical (unpaired) electrons. The highest BCUT2D eigenvalue weighted by Gasteiger charge is 2.11. The van der Waals surface area contributed by atoms with Crippen molar-refractivity contribution in [3.8, 4) is 5.75 Å². The molecule has 0 aliphatic rings. The monoisotopic (exact) mass is 290 g/mol. The minimum atomic E-state index is -0.485. The van der Waals surface area contributed by atoms with E-state index in [9.17, 15) is 9.59 Å². The van der Waals surface area contributed by atoms with E-state index in [0.29, 0.717) is 17.9 Å². The average Bonchev–Trinajstić information content (AvgIpc) is 2.37. The number of ether oxygens (including phenoxy) is 1. The lowest BCUT2D eigenvalue weighted by Crippen LogP contribution is -2.25. The second kappa shape index (κ2) is 5.97. The molecule has 0 N–H and O–H groups in total. The Kier molecular flexibility index (Phi) is 4.28. The van der Waals surface area contributed by atoms with E-state index in [1.54, 1.807) is 32.3 Å². The third-order valence-electron chi connectivity index (χ3n) is 2.86. The van der Waals surface area contributed by atoms with Gasteiger partial charge in [-0.1, -0.05) is 0 Å². The SMILES string of the molecule is CN(C)Cc1cc(=O)oc2cc(OC(=O)N(C)C)ccc12. The molecule has 1 aromatic carbocycles. The van der Waals surface area contributed by atoms with E-state index in [4.69, 9.17) is 9.15 Å². The van der Waals surface area contributed by atoms with Gasteiger partial charge in [0.25, 0.3) is 0 Å². The van der Waals surface area contributed by atoms with Gasteiger partial charge in [-0.15, -0.1) is 0 Å². The van der Waals surface area contributed by atoms with Crippen molar-refractivity contribution in [3.63, 3.8) is 0 Å². The first-order valence-electron chi connectivity index (χ1n) is 6.47. The first kappa shape index (κ1) is 15.1. The Morgan fingerprint density at radius 1 is 1.19 bits per heavy atom. The first-order valence-corrected chi connectivity index (χ1v) is 6.47. The van der Waals surface area contributed by atoms with Gasteiger partial charge in [-0.3, -0.25) is 0 Å². The van der Waals surface area contributed by atoms with Crippen LogP contribution >= 0.6 is 0 Å². The molecule has 2 aromatic rings. The fraction of sp³-hybridized carbons (Fsp3) is 0.333. The van der Waals surface area contributed by atoms with Crippen molar-refractivity contribution in [1.82, 2.24) is 9.80 Å². The van der Waals surface area contributed by atoms with Crippen LogP contribution in [0.25, 0.3) is 11.0 Å². The van der Waals surface area contributed by atoms with Gasteiger partial charge < -0.3 is 19.0 Å². The fourth-order valence-corrected chi connectivity index (χ4v) is 1.94. The van der Waals surface area contributed by atoms with E-state index in [1.165, 1.54) is 11.0 Å². The lowest BCUT2D eigenvalue weighted by molar-refractivity contribution is 0.172. The molecule has 112 valence electrons. The second-order valence-electron chi connectivity index (χ2n) is 5.25. The Bertz CT molecular complexity index is 719. The molecular weight excluding hydrogens is 272 g/mol. The second-order valence-corrected chi connectivity index (χ2v) is 5.25. The number of carbonyl (C=O) groups is 1. The van der Waals surface area contributed by atoms with Crippen LogP contribution < -0.4 is 10.4 Å². The third kappa shape index (κ3) is 3.61. The molecular formula is C15H18N2O4. The number of rotatable bonds is 3. The molecule has 21 heavy (non-hydrogen) atoms. The van der Waals surface area contributed by atoms with Crippen LogP contribution in [-0.2, 0) is 6.54 Å². The molecule has 0 atom stereocenters. The Hall–Kier alpha value is -2.34. The molecule has 0 unspecified atom stereocenters. The van der Waals surface area contributed by atoms with Gasteiger partial charge in [0.1, 0.15) is 11.3 Å². The molecule has 0 fully saturated rings. The molecule has 0 saturated carbocycles. The van der Waals surface area contributed by atoms with Crippen LogP contribution in [0.4, 0.5) is 4.79 Å². The van der Waals surface area contributed by atoms with Gasteiger partial charge in [-0.2, -0.15) is 0 Å². The minimum absolute atomic E-state index is 0.339. The molecule has 0 saturated heterocycles. The van der Waals surface area contributed by atoms with Crippen LogP contribution in [0.2, 0.25) is 0 Å². The van der Waals surface area contributed by atoms with Gasteiger partial charge in [0.05, 0.1) is 0 Å². The van der Waals surface area contributed by atoms with Crippen molar-refractivity contribution >= 4 is 17.1 Å². The summed E-state index contributed by atoms with van der Waals surface area (Å²) < 4.78 is 10.3. The zero-order chi connectivity index (χ0) is 15.6. The molecule has 1 aromatic heterocycles. The zero-order valence-electron chi connectivity index (χ0n) is 12.5. The predicted octanol–water partition coefficient (Wildman–Crippen LogP) is 1.91. The summed E-state index contributed by atoms with van der Waals surface area (Å²) in [5, 5.41) is 0.827. The van der Waals surface area contributed by atoms with Crippen LogP contribution in [-0.4, -0.2) is 44.1 Å². The summed E-state index contributed by atoms with van der Waals surface area (Å²) in [6.07, 6.45) is -0.485. The number of fused-ring (bicyclic) bond motifs is 1. The third-order valence-corrected chi connectivity index (χ3v) is 2.86. The topological polar surface area (TPSA) is 63.0 Å². The van der Waals surface area contributed by atoms with Crippen molar-refractivity contribution in [3.05, 3.63) is 40.2 Å². The van der Waals surface area contributed by atoms with Crippen LogP contribution in [0.15, 0.2) is 33.5 Å². The molecule has 0 spiro atoms. The van der Waals surface area contributed by atoms with Crippen molar-refractivity contribution in [2.45, 2.75) is 6.54 Å². The molecule has 2 rings (SSSR count). The summed E-state index contributed by atoms with van der Waals surface area (Å²) in [4.78, 5) is 26.4. The first-order chi connectivity index (χ1) is 9.86. The number of carbonyl (C=O) groups excluding carboxylic acids is 1. The molecule has 0 aliphatic heterocycles. The highest BCUT2D eigenvalue weighted by molar-refractivity contribution is 5.82. The summed E-state index contributed by atoms with van der Waals surface area (Å²) in [7, 11) is 7.04. The quantitative estimate of drug-likeness (QED) is 0.808. The average molecular weight is 290 g/mol. The van der Waals surface area contributed by atoms with Gasteiger partial charge in [-0.05, 0) is 31.8 Å². The van der Waals surface area contributed by atoms with Crippen molar-refractivity contribution in [2.24, 2.45) is 0 Å². The Morgan fingerprint density at radius 3 is 2.52 bits per heavy atom. The molecule has 6 heteroatoms. The minimum Gasteiger partial charge on any atom is -0.423 e. The molecule has 0 aliphatic carbocycles. The number of amides is 1. The van der Waals surface area contributed by atoms with Gasteiger partial charge in [0.2, 0.25) is 0 Å². The van der Waals surface area contributed by atoms with E-state index in [1.807, 2.05) is 19.0 Å². The predicted molar refractivity (Wildman–Crippen MR) is 79.6 cm³/mol. The lowest BCUT2D eigenvalue weighted by Gasteiger charge is -2.13. The Morgan fingerprint density at radius 2 is 1.90 bits per heavy atom. The maximum Gasteiger partial charge on any atom is 0.414 e. The van der Waals surface area contributed by atoms with Crippen molar-refractivity contribution in [2.75, 3.05) is 28.2 Å². The van der Waals surface area contributed by atoms with Crippen molar-refractivity contribution < 1.29 is 13.9 Å². The molecule has 0 bridgehead atoms. The summed E-state index contributed by atoms with van der Waals surface area (Å²) in [5.41, 5.74) is 0.857. The highest BCUT2D eigenvalue weighted by Crippen LogP contribution is 2.23. The van der Waals surface area contributed by atoms with Crippen LogP contribution in [0, 0.1) is 0 Å². The van der Waals surface area contributed by atoms with E-state index >= 15 is 0 Å². The summed E-state index contributed by atoms with van der Waals surface area (Å²) >= 11 is 0. The smallest absolute Gasteiger partial charge is 0.414 e. The maximum atomic E-state index is 11.6. The van der Waals surface area contributed by atoms with Crippen LogP contribution in [0.3, 0.4) is 0 Å². The molecule has 6 nitrogen and oxygen atoms in total. The number of hydrogen-bond acceptors (Lipinski definition) is 5. The van der Waals surface area contributed by atoms with Gasteiger partial charge in [-0.25, -0.2) is 9.59 Å². The molecule has 1 amide bonds. The van der Waals surface area contributed by atoms with Crippen LogP contribution in [0.5, 0.6) is 5.75 Å². The van der Waals surface area contributed by atoms with Gasteiger partial charge in [0.15, 0.2) is 0 Å². The summed E-state index contributed by atoms with van der Waals surface area (Å²) in [5.74, 6) is 0.339.